The average molecular weight is 261 g/mol. The standard InChI is InChI=1S/C13H15N3O3/c1-19-13(6-3-7-13)9-15-11-5-2-4-10(8-14)12(11)16(17)18/h2,4-5,15H,3,6-7,9H2,1H3. The molecule has 1 N–H and O–H groups in total. The van der Waals surface area contributed by atoms with E-state index in [9.17, 15) is 10.1 Å². The molecule has 0 bridgehead atoms. The highest BCUT2D eigenvalue weighted by atomic mass is 16.6. The summed E-state index contributed by atoms with van der Waals surface area (Å²) >= 11 is 0. The Bertz CT molecular complexity index is 527. The van der Waals surface area contributed by atoms with Crippen LogP contribution in [-0.4, -0.2) is 24.2 Å². The van der Waals surface area contributed by atoms with Gasteiger partial charge in [-0.2, -0.15) is 5.26 Å². The van der Waals surface area contributed by atoms with Crippen molar-refractivity contribution in [2.45, 2.75) is 24.9 Å². The molecule has 6 heteroatoms. The van der Waals surface area contributed by atoms with E-state index in [1.165, 1.54) is 6.07 Å². The molecule has 100 valence electrons. The van der Waals surface area contributed by atoms with Crippen LogP contribution in [0, 0.1) is 21.4 Å². The van der Waals surface area contributed by atoms with Crippen molar-refractivity contribution >= 4 is 11.4 Å². The zero-order valence-corrected chi connectivity index (χ0v) is 10.7. The van der Waals surface area contributed by atoms with Crippen molar-refractivity contribution in [3.8, 4) is 6.07 Å². The summed E-state index contributed by atoms with van der Waals surface area (Å²) in [5.74, 6) is 0. The average Bonchev–Trinajstić information content (AvgIpc) is 2.37. The predicted octanol–water partition coefficient (Wildman–Crippen LogP) is 2.45. The van der Waals surface area contributed by atoms with Gasteiger partial charge in [-0.3, -0.25) is 10.1 Å². The minimum absolute atomic E-state index is 0.0649. The second-order valence-corrected chi connectivity index (χ2v) is 4.66. The SMILES string of the molecule is COC1(CNc2cccc(C#N)c2[N+](=O)[O-])CCC1. The van der Waals surface area contributed by atoms with Crippen LogP contribution in [0.3, 0.4) is 0 Å². The molecule has 0 atom stereocenters. The Morgan fingerprint density at radius 1 is 1.58 bits per heavy atom. The number of hydrogen-bond donors (Lipinski definition) is 1. The predicted molar refractivity (Wildman–Crippen MR) is 69.9 cm³/mol. The first kappa shape index (κ1) is 13.3. The molecule has 0 aromatic heterocycles. The molecule has 0 unspecified atom stereocenters. The number of hydrogen-bond acceptors (Lipinski definition) is 5. The first-order valence-corrected chi connectivity index (χ1v) is 6.08. The van der Waals surface area contributed by atoms with E-state index in [1.807, 2.05) is 6.07 Å². The van der Waals surface area contributed by atoms with Crippen molar-refractivity contribution in [3.05, 3.63) is 33.9 Å². The molecule has 1 fully saturated rings. The maximum Gasteiger partial charge on any atom is 0.309 e. The lowest BCUT2D eigenvalue weighted by molar-refractivity contribution is -0.384. The van der Waals surface area contributed by atoms with Gasteiger partial charge in [-0.05, 0) is 31.4 Å². The number of nitro benzene ring substituents is 1. The molecule has 6 nitrogen and oxygen atoms in total. The zero-order chi connectivity index (χ0) is 13.9. The van der Waals surface area contributed by atoms with Gasteiger partial charge in [0.25, 0.3) is 0 Å². The van der Waals surface area contributed by atoms with Gasteiger partial charge in [-0.15, -0.1) is 0 Å². The van der Waals surface area contributed by atoms with Crippen LogP contribution in [0.4, 0.5) is 11.4 Å². The Morgan fingerprint density at radius 3 is 2.79 bits per heavy atom. The number of rotatable bonds is 5. The van der Waals surface area contributed by atoms with Crippen LogP contribution in [0.1, 0.15) is 24.8 Å². The molecule has 0 radical (unpaired) electrons. The van der Waals surface area contributed by atoms with Gasteiger partial charge >= 0.3 is 5.69 Å². The number of nitro groups is 1. The van der Waals surface area contributed by atoms with Crippen molar-refractivity contribution in [1.82, 2.24) is 0 Å². The zero-order valence-electron chi connectivity index (χ0n) is 10.7. The van der Waals surface area contributed by atoms with E-state index in [-0.39, 0.29) is 16.9 Å². The van der Waals surface area contributed by atoms with Crippen LogP contribution in [-0.2, 0) is 4.74 Å². The van der Waals surface area contributed by atoms with E-state index in [4.69, 9.17) is 10.00 Å². The molecule has 0 aliphatic heterocycles. The highest BCUT2D eigenvalue weighted by molar-refractivity contribution is 5.68. The van der Waals surface area contributed by atoms with Crippen molar-refractivity contribution < 1.29 is 9.66 Å². The smallest absolute Gasteiger partial charge is 0.309 e. The molecule has 1 aromatic carbocycles. The Kier molecular flexibility index (Phi) is 3.67. The second kappa shape index (κ2) is 5.24. The Balaban J connectivity index is 2.21. The van der Waals surface area contributed by atoms with E-state index in [1.54, 1.807) is 19.2 Å². The summed E-state index contributed by atoms with van der Waals surface area (Å²) in [6, 6.07) is 6.53. The van der Waals surface area contributed by atoms with Gasteiger partial charge in [0.2, 0.25) is 0 Å². The van der Waals surface area contributed by atoms with Crippen molar-refractivity contribution in [1.29, 1.82) is 5.26 Å². The van der Waals surface area contributed by atoms with E-state index in [0.717, 1.165) is 19.3 Å². The third kappa shape index (κ3) is 2.51. The topological polar surface area (TPSA) is 88.2 Å². The van der Waals surface area contributed by atoms with Crippen LogP contribution < -0.4 is 5.32 Å². The van der Waals surface area contributed by atoms with Crippen LogP contribution >= 0.6 is 0 Å². The van der Waals surface area contributed by atoms with Crippen molar-refractivity contribution in [2.75, 3.05) is 19.0 Å². The van der Waals surface area contributed by atoms with Gasteiger partial charge in [0.1, 0.15) is 17.3 Å². The number of methoxy groups -OCH3 is 1. The quantitative estimate of drug-likeness (QED) is 0.649. The summed E-state index contributed by atoms with van der Waals surface area (Å²) in [5, 5.41) is 23.0. The minimum atomic E-state index is -0.527. The highest BCUT2D eigenvalue weighted by Crippen LogP contribution is 2.36. The minimum Gasteiger partial charge on any atom is -0.377 e. The van der Waals surface area contributed by atoms with Crippen LogP contribution in [0.2, 0.25) is 0 Å². The summed E-state index contributed by atoms with van der Waals surface area (Å²) in [6.07, 6.45) is 3.00. The summed E-state index contributed by atoms with van der Waals surface area (Å²) in [7, 11) is 1.65. The number of nitrogens with one attached hydrogen (secondary N) is 1. The fraction of sp³-hybridized carbons (Fsp3) is 0.462. The summed E-state index contributed by atoms with van der Waals surface area (Å²) in [4.78, 5) is 10.5. The van der Waals surface area contributed by atoms with Crippen LogP contribution in [0.15, 0.2) is 18.2 Å². The fourth-order valence-corrected chi connectivity index (χ4v) is 2.25. The molecule has 1 aliphatic carbocycles. The largest absolute Gasteiger partial charge is 0.377 e. The third-order valence-corrected chi connectivity index (χ3v) is 3.64. The van der Waals surface area contributed by atoms with Gasteiger partial charge in [-0.1, -0.05) is 6.07 Å². The monoisotopic (exact) mass is 261 g/mol. The molecular weight excluding hydrogens is 246 g/mol. The summed E-state index contributed by atoms with van der Waals surface area (Å²) in [6.45, 7) is 0.513. The van der Waals surface area contributed by atoms with E-state index in [2.05, 4.69) is 5.32 Å². The first-order chi connectivity index (χ1) is 9.12. The van der Waals surface area contributed by atoms with Crippen molar-refractivity contribution in [3.63, 3.8) is 0 Å². The lowest BCUT2D eigenvalue weighted by atomic mass is 9.80. The van der Waals surface area contributed by atoms with Crippen LogP contribution in [0.25, 0.3) is 0 Å². The second-order valence-electron chi connectivity index (χ2n) is 4.66. The Labute approximate surface area is 111 Å². The molecule has 19 heavy (non-hydrogen) atoms. The van der Waals surface area contributed by atoms with Gasteiger partial charge in [-0.25, -0.2) is 0 Å². The molecule has 1 aliphatic rings. The third-order valence-electron chi connectivity index (χ3n) is 3.64. The molecule has 1 aromatic rings. The van der Waals surface area contributed by atoms with Gasteiger partial charge < -0.3 is 10.1 Å². The fourth-order valence-electron chi connectivity index (χ4n) is 2.25. The molecule has 0 amide bonds. The molecule has 0 saturated heterocycles. The van der Waals surface area contributed by atoms with Gasteiger partial charge in [0.15, 0.2) is 0 Å². The van der Waals surface area contributed by atoms with E-state index in [0.29, 0.717) is 12.2 Å². The number of anilines is 1. The Morgan fingerprint density at radius 2 is 2.32 bits per heavy atom. The summed E-state index contributed by atoms with van der Waals surface area (Å²) in [5.41, 5.74) is 0.0364. The van der Waals surface area contributed by atoms with Gasteiger partial charge in [0, 0.05) is 13.7 Å². The number of nitrogens with zero attached hydrogens (tertiary/aromatic N) is 2. The number of para-hydroxylation sites is 1. The molecule has 0 heterocycles. The number of benzene rings is 1. The molecule has 1 saturated carbocycles. The lowest BCUT2D eigenvalue weighted by Gasteiger charge is -2.40. The van der Waals surface area contributed by atoms with Crippen LogP contribution in [0.5, 0.6) is 0 Å². The molecular formula is C13H15N3O3. The molecule has 0 spiro atoms. The maximum atomic E-state index is 11.1. The normalized spacial score (nSPS) is 16.2. The maximum absolute atomic E-state index is 11.1. The Hall–Kier alpha value is -2.13. The van der Waals surface area contributed by atoms with Crippen molar-refractivity contribution in [2.24, 2.45) is 0 Å². The number of ether oxygens (including phenoxy) is 1. The summed E-state index contributed by atoms with van der Waals surface area (Å²) < 4.78 is 5.46. The number of nitriles is 1. The highest BCUT2D eigenvalue weighted by Gasteiger charge is 2.37. The van der Waals surface area contributed by atoms with E-state index >= 15 is 0 Å². The lowest BCUT2D eigenvalue weighted by Crippen LogP contribution is -2.45. The van der Waals surface area contributed by atoms with E-state index < -0.39 is 4.92 Å². The van der Waals surface area contributed by atoms with Gasteiger partial charge in [0.05, 0.1) is 10.5 Å². The first-order valence-electron chi connectivity index (χ1n) is 6.08. The molecule has 2 rings (SSSR count).